The summed E-state index contributed by atoms with van der Waals surface area (Å²) in [6.07, 6.45) is 0.412. The smallest absolute Gasteiger partial charge is 0.316 e. The Morgan fingerprint density at radius 1 is 1.46 bits per heavy atom. The third-order valence-corrected chi connectivity index (χ3v) is 2.28. The van der Waals surface area contributed by atoms with Crippen LogP contribution in [0.1, 0.15) is 5.56 Å². The Balaban J connectivity index is 2.64. The summed E-state index contributed by atoms with van der Waals surface area (Å²) >= 11 is 9.61. The summed E-state index contributed by atoms with van der Waals surface area (Å²) in [5.41, 5.74) is 0.923. The van der Waals surface area contributed by atoms with Gasteiger partial charge >= 0.3 is 5.97 Å². The molecule has 13 heavy (non-hydrogen) atoms. The maximum atomic E-state index is 10.5. The molecule has 1 aromatic rings. The third kappa shape index (κ3) is 3.28. The van der Waals surface area contributed by atoms with Crippen molar-refractivity contribution in [2.45, 2.75) is 11.7 Å². The van der Waals surface area contributed by atoms with E-state index in [1.807, 2.05) is 0 Å². The fraction of sp³-hybridized carbons (Fsp3) is 0.222. The normalized spacial score (nSPS) is 12.5. The number of carbonyl (C=O) groups is 1. The molecule has 0 amide bonds. The molecule has 0 fully saturated rings. The molecule has 0 aromatic heterocycles. The van der Waals surface area contributed by atoms with Crippen molar-refractivity contribution in [3.05, 3.63) is 34.9 Å². The van der Waals surface area contributed by atoms with E-state index < -0.39 is 11.2 Å². The lowest BCUT2D eigenvalue weighted by molar-refractivity contribution is -0.136. The van der Waals surface area contributed by atoms with Crippen LogP contribution in [0.25, 0.3) is 0 Å². The maximum Gasteiger partial charge on any atom is 0.316 e. The molecular weight excluding hydrogens is 208 g/mol. The molecule has 1 rings (SSSR count). The first-order chi connectivity index (χ1) is 6.09. The molecule has 1 aromatic carbocycles. The lowest BCUT2D eigenvalue weighted by Gasteiger charge is -2.04. The molecule has 1 unspecified atom stereocenters. The van der Waals surface area contributed by atoms with Crippen LogP contribution >= 0.6 is 24.2 Å². The van der Waals surface area contributed by atoms with Crippen LogP contribution in [0.5, 0.6) is 0 Å². The monoisotopic (exact) mass is 216 g/mol. The number of aliphatic carboxylic acids is 1. The van der Waals surface area contributed by atoms with Crippen molar-refractivity contribution in [2.24, 2.45) is 0 Å². The van der Waals surface area contributed by atoms with Gasteiger partial charge in [-0.1, -0.05) is 23.7 Å². The predicted octanol–water partition coefficient (Wildman–Crippen LogP) is 2.27. The average molecular weight is 217 g/mol. The molecule has 0 aliphatic carbocycles. The Labute approximate surface area is 86.9 Å². The van der Waals surface area contributed by atoms with Gasteiger partial charge in [0, 0.05) is 5.02 Å². The van der Waals surface area contributed by atoms with Crippen LogP contribution in [0.4, 0.5) is 0 Å². The third-order valence-electron chi connectivity index (χ3n) is 1.63. The van der Waals surface area contributed by atoms with Gasteiger partial charge in [0.05, 0.1) is 0 Å². The standard InChI is InChI=1S/C9H9ClO2S/c10-7-3-1-6(2-4-7)5-8(13)9(11)12/h1-4,8,13H,5H2,(H,11,12). The second-order valence-corrected chi connectivity index (χ2v) is 3.74. The Hall–Kier alpha value is -0.670. The highest BCUT2D eigenvalue weighted by Crippen LogP contribution is 2.12. The summed E-state index contributed by atoms with van der Waals surface area (Å²) in [6, 6.07) is 7.07. The Bertz CT molecular complexity index is 297. The number of benzene rings is 1. The molecule has 0 saturated carbocycles. The van der Waals surface area contributed by atoms with E-state index in [1.165, 1.54) is 0 Å². The molecule has 0 aliphatic heterocycles. The second kappa shape index (κ2) is 4.53. The summed E-state index contributed by atoms with van der Waals surface area (Å²) < 4.78 is 0. The fourth-order valence-corrected chi connectivity index (χ4v) is 1.27. The quantitative estimate of drug-likeness (QED) is 0.761. The van der Waals surface area contributed by atoms with Gasteiger partial charge in [0.2, 0.25) is 0 Å². The van der Waals surface area contributed by atoms with E-state index in [1.54, 1.807) is 24.3 Å². The van der Waals surface area contributed by atoms with E-state index in [-0.39, 0.29) is 0 Å². The number of thiol groups is 1. The second-order valence-electron chi connectivity index (χ2n) is 2.68. The maximum absolute atomic E-state index is 10.5. The summed E-state index contributed by atoms with van der Waals surface area (Å²) in [6.45, 7) is 0. The van der Waals surface area contributed by atoms with E-state index in [0.29, 0.717) is 11.4 Å². The van der Waals surface area contributed by atoms with Crippen LogP contribution in [0.15, 0.2) is 24.3 Å². The van der Waals surface area contributed by atoms with Crippen molar-refractivity contribution < 1.29 is 9.90 Å². The van der Waals surface area contributed by atoms with Crippen molar-refractivity contribution in [1.82, 2.24) is 0 Å². The van der Waals surface area contributed by atoms with E-state index in [2.05, 4.69) is 12.6 Å². The van der Waals surface area contributed by atoms with Crippen LogP contribution < -0.4 is 0 Å². The summed E-state index contributed by atoms with van der Waals surface area (Å²) in [7, 11) is 0. The molecule has 0 heterocycles. The summed E-state index contributed by atoms with van der Waals surface area (Å²) in [5, 5.41) is 8.59. The van der Waals surface area contributed by atoms with Gasteiger partial charge in [-0.05, 0) is 24.1 Å². The number of rotatable bonds is 3. The number of carboxylic acids is 1. The molecule has 0 saturated heterocycles. The van der Waals surface area contributed by atoms with Crippen molar-refractivity contribution >= 4 is 30.2 Å². The molecule has 0 aliphatic rings. The zero-order valence-corrected chi connectivity index (χ0v) is 8.42. The largest absolute Gasteiger partial charge is 0.480 e. The number of carboxylic acid groups (broad SMARTS) is 1. The molecule has 0 radical (unpaired) electrons. The minimum absolute atomic E-state index is 0.412. The Kier molecular flexibility index (Phi) is 3.63. The number of hydrogen-bond donors (Lipinski definition) is 2. The molecule has 1 N–H and O–H groups in total. The van der Waals surface area contributed by atoms with Gasteiger partial charge in [-0.25, -0.2) is 0 Å². The molecule has 0 bridgehead atoms. The van der Waals surface area contributed by atoms with Gasteiger partial charge in [0.15, 0.2) is 0 Å². The molecular formula is C9H9ClO2S. The van der Waals surface area contributed by atoms with Crippen LogP contribution in [0, 0.1) is 0 Å². The molecule has 2 nitrogen and oxygen atoms in total. The highest BCUT2D eigenvalue weighted by atomic mass is 35.5. The summed E-state index contributed by atoms with van der Waals surface area (Å²) in [5.74, 6) is -0.904. The molecule has 0 spiro atoms. The van der Waals surface area contributed by atoms with E-state index >= 15 is 0 Å². The first-order valence-electron chi connectivity index (χ1n) is 3.75. The molecule has 4 heteroatoms. The van der Waals surface area contributed by atoms with Crippen LogP contribution in [-0.2, 0) is 11.2 Å². The molecule has 70 valence electrons. The zero-order valence-electron chi connectivity index (χ0n) is 6.77. The number of hydrogen-bond acceptors (Lipinski definition) is 2. The zero-order chi connectivity index (χ0) is 9.84. The lowest BCUT2D eigenvalue weighted by atomic mass is 10.1. The van der Waals surface area contributed by atoms with Gasteiger partial charge in [0.1, 0.15) is 5.25 Å². The Morgan fingerprint density at radius 3 is 2.46 bits per heavy atom. The van der Waals surface area contributed by atoms with Crippen LogP contribution in [0.2, 0.25) is 5.02 Å². The Morgan fingerprint density at radius 2 is 2.00 bits per heavy atom. The van der Waals surface area contributed by atoms with Crippen molar-refractivity contribution in [1.29, 1.82) is 0 Å². The topological polar surface area (TPSA) is 37.3 Å². The fourth-order valence-electron chi connectivity index (χ4n) is 0.931. The first kappa shape index (κ1) is 10.4. The van der Waals surface area contributed by atoms with E-state index in [4.69, 9.17) is 16.7 Å². The van der Waals surface area contributed by atoms with E-state index in [0.717, 1.165) is 5.56 Å². The highest BCUT2D eigenvalue weighted by molar-refractivity contribution is 7.81. The van der Waals surface area contributed by atoms with Gasteiger partial charge in [0.25, 0.3) is 0 Å². The lowest BCUT2D eigenvalue weighted by Crippen LogP contribution is -2.15. The minimum atomic E-state index is -0.904. The van der Waals surface area contributed by atoms with Crippen molar-refractivity contribution in [3.8, 4) is 0 Å². The van der Waals surface area contributed by atoms with Gasteiger partial charge in [-0.3, -0.25) is 4.79 Å². The van der Waals surface area contributed by atoms with Crippen LogP contribution in [-0.4, -0.2) is 16.3 Å². The summed E-state index contributed by atoms with van der Waals surface area (Å²) in [4.78, 5) is 10.5. The SMILES string of the molecule is O=C(O)C(S)Cc1ccc(Cl)cc1. The number of halogens is 1. The van der Waals surface area contributed by atoms with Gasteiger partial charge < -0.3 is 5.11 Å². The minimum Gasteiger partial charge on any atom is -0.480 e. The van der Waals surface area contributed by atoms with Crippen molar-refractivity contribution in [3.63, 3.8) is 0 Å². The van der Waals surface area contributed by atoms with Gasteiger partial charge in [-0.2, -0.15) is 12.6 Å². The highest BCUT2D eigenvalue weighted by Gasteiger charge is 2.11. The van der Waals surface area contributed by atoms with Crippen molar-refractivity contribution in [2.75, 3.05) is 0 Å². The predicted molar refractivity (Wildman–Crippen MR) is 55.6 cm³/mol. The van der Waals surface area contributed by atoms with E-state index in [9.17, 15) is 4.79 Å². The molecule has 1 atom stereocenters. The van der Waals surface area contributed by atoms with Crippen LogP contribution in [0.3, 0.4) is 0 Å². The van der Waals surface area contributed by atoms with Gasteiger partial charge in [-0.15, -0.1) is 0 Å². The first-order valence-corrected chi connectivity index (χ1v) is 4.64. The average Bonchev–Trinajstić information content (AvgIpc) is 2.08.